The molecule has 0 bridgehead atoms. The van der Waals surface area contributed by atoms with E-state index in [1.54, 1.807) is 12.1 Å². The van der Waals surface area contributed by atoms with E-state index in [0.717, 1.165) is 11.0 Å². The summed E-state index contributed by atoms with van der Waals surface area (Å²) >= 11 is 11.9. The van der Waals surface area contributed by atoms with Crippen molar-refractivity contribution >= 4 is 47.9 Å². The Kier molecular flexibility index (Phi) is 5.15. The highest BCUT2D eigenvalue weighted by atomic mass is 35.5. The fraction of sp³-hybridized carbons (Fsp3) is 0.300. The van der Waals surface area contributed by atoms with Crippen LogP contribution >= 0.6 is 23.2 Å². The van der Waals surface area contributed by atoms with Crippen LogP contribution in [-0.4, -0.2) is 23.4 Å². The third-order valence-corrected chi connectivity index (χ3v) is 5.48. The Morgan fingerprint density at radius 3 is 2.08 bits per heavy atom. The molecular weight excluding hydrogens is 370 g/mol. The van der Waals surface area contributed by atoms with Gasteiger partial charge in [-0.1, -0.05) is 59.6 Å². The Bertz CT molecular complexity index is 829. The Hall–Kier alpha value is -1.46. The normalized spacial score (nSPS) is 18.6. The van der Waals surface area contributed by atoms with Gasteiger partial charge in [-0.05, 0) is 50.9 Å². The van der Waals surface area contributed by atoms with Gasteiger partial charge in [0.25, 0.3) is 0 Å². The van der Waals surface area contributed by atoms with E-state index in [2.05, 4.69) is 0 Å². The highest BCUT2D eigenvalue weighted by Crippen LogP contribution is 2.36. The maximum Gasteiger partial charge on any atom is 0.494 e. The van der Waals surface area contributed by atoms with Crippen molar-refractivity contribution in [2.24, 2.45) is 0 Å². The van der Waals surface area contributed by atoms with E-state index in [9.17, 15) is 5.11 Å². The number of aromatic hydroxyl groups is 1. The highest BCUT2D eigenvalue weighted by molar-refractivity contribution is 6.62. The second kappa shape index (κ2) is 6.93. The van der Waals surface area contributed by atoms with Crippen LogP contribution in [0.3, 0.4) is 0 Å². The second-order valence-corrected chi connectivity index (χ2v) is 8.26. The molecule has 6 heteroatoms. The molecule has 1 saturated heterocycles. The fourth-order valence-electron chi connectivity index (χ4n) is 2.64. The molecule has 1 heterocycles. The second-order valence-electron chi connectivity index (χ2n) is 7.41. The summed E-state index contributed by atoms with van der Waals surface area (Å²) in [4.78, 5) is 0. The van der Waals surface area contributed by atoms with Crippen LogP contribution in [0.1, 0.15) is 38.8 Å². The largest absolute Gasteiger partial charge is 0.506 e. The molecule has 1 aliphatic rings. The number of hydrogen-bond donors (Lipinski definition) is 1. The third-order valence-electron chi connectivity index (χ3n) is 4.97. The standard InChI is InChI=1S/C20H21BCl2O3/c1-19(2)20(3,4)26-21(25-19)15-9-6-13(7-10-15)5-8-14-11-16(22)12-17(23)18(14)24/h5-12,24H,1-4H3/b8-5+. The molecule has 0 aromatic heterocycles. The number of halogens is 2. The third kappa shape index (κ3) is 3.79. The predicted molar refractivity (Wildman–Crippen MR) is 109 cm³/mol. The smallest absolute Gasteiger partial charge is 0.494 e. The minimum atomic E-state index is -0.381. The lowest BCUT2D eigenvalue weighted by atomic mass is 9.79. The summed E-state index contributed by atoms with van der Waals surface area (Å²) in [6, 6.07) is 11.1. The average molecular weight is 391 g/mol. The van der Waals surface area contributed by atoms with Crippen LogP contribution in [0, 0.1) is 0 Å². The lowest BCUT2D eigenvalue weighted by molar-refractivity contribution is 0.00578. The van der Waals surface area contributed by atoms with Gasteiger partial charge in [-0.15, -0.1) is 0 Å². The minimum absolute atomic E-state index is 0.0150. The molecule has 0 unspecified atom stereocenters. The monoisotopic (exact) mass is 390 g/mol. The number of phenolic OH excluding ortho intramolecular Hbond substituents is 1. The van der Waals surface area contributed by atoms with Gasteiger partial charge >= 0.3 is 7.12 Å². The lowest BCUT2D eigenvalue weighted by Crippen LogP contribution is -2.41. The van der Waals surface area contributed by atoms with E-state index >= 15 is 0 Å². The van der Waals surface area contributed by atoms with Crippen LogP contribution < -0.4 is 5.46 Å². The molecule has 2 aromatic rings. The number of rotatable bonds is 3. The van der Waals surface area contributed by atoms with Crippen molar-refractivity contribution in [2.75, 3.05) is 0 Å². The van der Waals surface area contributed by atoms with Gasteiger partial charge in [0.1, 0.15) is 5.75 Å². The average Bonchev–Trinajstić information content (AvgIpc) is 2.78. The van der Waals surface area contributed by atoms with E-state index in [1.807, 2.05) is 58.0 Å². The van der Waals surface area contributed by atoms with Gasteiger partial charge in [0, 0.05) is 10.6 Å². The summed E-state index contributed by atoms with van der Waals surface area (Å²) in [5, 5.41) is 10.7. The van der Waals surface area contributed by atoms with Crippen molar-refractivity contribution in [3.63, 3.8) is 0 Å². The van der Waals surface area contributed by atoms with Gasteiger partial charge in [0.15, 0.2) is 0 Å². The van der Waals surface area contributed by atoms with E-state index in [4.69, 9.17) is 32.5 Å². The first kappa shape index (κ1) is 19.3. The number of phenols is 1. The molecule has 0 atom stereocenters. The Labute approximate surface area is 164 Å². The van der Waals surface area contributed by atoms with E-state index in [-0.39, 0.29) is 29.1 Å². The molecule has 136 valence electrons. The first-order valence-electron chi connectivity index (χ1n) is 8.41. The zero-order valence-electron chi connectivity index (χ0n) is 15.2. The summed E-state index contributed by atoms with van der Waals surface area (Å²) in [5.41, 5.74) is 1.78. The maximum absolute atomic E-state index is 10.0. The molecule has 0 radical (unpaired) electrons. The molecule has 3 rings (SSSR count). The van der Waals surface area contributed by atoms with E-state index in [1.165, 1.54) is 6.07 Å². The molecule has 0 aliphatic carbocycles. The van der Waals surface area contributed by atoms with Gasteiger partial charge < -0.3 is 14.4 Å². The van der Waals surface area contributed by atoms with Gasteiger partial charge in [-0.2, -0.15) is 0 Å². The van der Waals surface area contributed by atoms with Gasteiger partial charge in [-0.25, -0.2) is 0 Å². The zero-order chi connectivity index (χ0) is 19.1. The van der Waals surface area contributed by atoms with Gasteiger partial charge in [-0.3, -0.25) is 0 Å². The van der Waals surface area contributed by atoms with E-state index in [0.29, 0.717) is 10.6 Å². The molecule has 0 saturated carbocycles. The first-order chi connectivity index (χ1) is 12.1. The van der Waals surface area contributed by atoms with Crippen LogP contribution in [0.15, 0.2) is 36.4 Å². The number of benzene rings is 2. The summed E-state index contributed by atoms with van der Waals surface area (Å²) in [6.07, 6.45) is 3.66. The Morgan fingerprint density at radius 2 is 1.50 bits per heavy atom. The SMILES string of the molecule is CC1(C)OB(c2ccc(/C=C/c3cc(Cl)cc(Cl)c3O)cc2)OC1(C)C. The molecule has 1 aliphatic heterocycles. The van der Waals surface area contributed by atoms with Crippen molar-refractivity contribution in [1.29, 1.82) is 0 Å². The van der Waals surface area contributed by atoms with Crippen molar-refractivity contribution in [2.45, 2.75) is 38.9 Å². The topological polar surface area (TPSA) is 38.7 Å². The Balaban J connectivity index is 1.77. The molecular formula is C20H21BCl2O3. The summed E-state index contributed by atoms with van der Waals surface area (Å²) in [5.74, 6) is 0.0150. The first-order valence-corrected chi connectivity index (χ1v) is 9.16. The van der Waals surface area contributed by atoms with Crippen molar-refractivity contribution in [1.82, 2.24) is 0 Å². The highest BCUT2D eigenvalue weighted by Gasteiger charge is 2.51. The zero-order valence-corrected chi connectivity index (χ0v) is 16.7. The van der Waals surface area contributed by atoms with Crippen LogP contribution in [0.4, 0.5) is 0 Å². The van der Waals surface area contributed by atoms with Crippen LogP contribution in [0.25, 0.3) is 12.2 Å². The minimum Gasteiger partial charge on any atom is -0.506 e. The van der Waals surface area contributed by atoms with Crippen LogP contribution in [-0.2, 0) is 9.31 Å². The number of hydrogen-bond acceptors (Lipinski definition) is 3. The fourth-order valence-corrected chi connectivity index (χ4v) is 3.15. The quantitative estimate of drug-likeness (QED) is 0.580. The van der Waals surface area contributed by atoms with Gasteiger partial charge in [0.2, 0.25) is 0 Å². The molecule has 1 N–H and O–H groups in total. The van der Waals surface area contributed by atoms with Crippen molar-refractivity contribution in [3.8, 4) is 5.75 Å². The van der Waals surface area contributed by atoms with Gasteiger partial charge in [0.05, 0.1) is 16.2 Å². The molecule has 26 heavy (non-hydrogen) atoms. The lowest BCUT2D eigenvalue weighted by Gasteiger charge is -2.32. The Morgan fingerprint density at radius 1 is 0.923 bits per heavy atom. The molecule has 3 nitrogen and oxygen atoms in total. The predicted octanol–water partition coefficient (Wildman–Crippen LogP) is 5.17. The maximum atomic E-state index is 10.0. The molecule has 0 amide bonds. The van der Waals surface area contributed by atoms with Crippen LogP contribution in [0.5, 0.6) is 5.75 Å². The molecule has 0 spiro atoms. The van der Waals surface area contributed by atoms with Crippen molar-refractivity contribution < 1.29 is 14.4 Å². The van der Waals surface area contributed by atoms with Crippen LogP contribution in [0.2, 0.25) is 10.0 Å². The summed E-state index contributed by atoms with van der Waals surface area (Å²) in [6.45, 7) is 8.14. The van der Waals surface area contributed by atoms with Crippen molar-refractivity contribution in [3.05, 3.63) is 57.6 Å². The molecule has 2 aromatic carbocycles. The molecule has 1 fully saturated rings. The summed E-state index contributed by atoms with van der Waals surface area (Å²) in [7, 11) is -0.381. The van der Waals surface area contributed by atoms with E-state index < -0.39 is 0 Å². The summed E-state index contributed by atoms with van der Waals surface area (Å²) < 4.78 is 12.1.